The number of carbonyl (C=O) groups is 2. The predicted octanol–water partition coefficient (Wildman–Crippen LogP) is 3.46. The lowest BCUT2D eigenvalue weighted by Gasteiger charge is -2.40. The largest absolute Gasteiger partial charge is 0.369 e. The summed E-state index contributed by atoms with van der Waals surface area (Å²) in [5.41, 5.74) is 4.71. The number of aromatic nitrogens is 1. The molecule has 2 aromatic carbocycles. The van der Waals surface area contributed by atoms with Gasteiger partial charge in [-0.05, 0) is 73.0 Å². The van der Waals surface area contributed by atoms with Gasteiger partial charge in [0.2, 0.25) is 0 Å². The third-order valence-corrected chi connectivity index (χ3v) is 6.44. The standard InChI is InChI=1S/C27H30FN5O2/c1-19-5-8-23(16-20(19)2)31-27(35)26(34)30-18-25(21-4-3-11-29-17-21)33-14-12-32(13-15-33)24-9-6-22(28)7-10-24/h3-11,16-17,25H,12-15,18H2,1-2H3,(H,30,34)(H,31,35)/t25-/m1/s1. The molecule has 7 nitrogen and oxygen atoms in total. The third kappa shape index (κ3) is 6.22. The number of benzene rings is 2. The van der Waals surface area contributed by atoms with Crippen LogP contribution in [0.15, 0.2) is 67.0 Å². The molecule has 0 aliphatic carbocycles. The topological polar surface area (TPSA) is 77.6 Å². The number of nitrogens with one attached hydrogen (secondary N) is 2. The summed E-state index contributed by atoms with van der Waals surface area (Å²) in [6.07, 6.45) is 3.50. The van der Waals surface area contributed by atoms with Crippen LogP contribution in [-0.4, -0.2) is 54.4 Å². The highest BCUT2D eigenvalue weighted by molar-refractivity contribution is 6.39. The van der Waals surface area contributed by atoms with E-state index in [9.17, 15) is 14.0 Å². The third-order valence-electron chi connectivity index (χ3n) is 6.44. The Morgan fingerprint density at radius 1 is 0.971 bits per heavy atom. The van der Waals surface area contributed by atoms with Gasteiger partial charge in [0, 0.05) is 56.5 Å². The SMILES string of the molecule is Cc1ccc(NC(=O)C(=O)NC[C@H](c2cccnc2)N2CCN(c3ccc(F)cc3)CC2)cc1C. The van der Waals surface area contributed by atoms with E-state index in [4.69, 9.17) is 0 Å². The number of nitrogens with zero attached hydrogens (tertiary/aromatic N) is 3. The Kier molecular flexibility index (Phi) is 7.72. The van der Waals surface area contributed by atoms with Crippen LogP contribution in [0, 0.1) is 19.7 Å². The molecule has 1 aliphatic heterocycles. The molecule has 4 rings (SSSR count). The lowest BCUT2D eigenvalue weighted by atomic mass is 10.1. The van der Waals surface area contributed by atoms with Crippen LogP contribution in [0.5, 0.6) is 0 Å². The Morgan fingerprint density at radius 2 is 1.71 bits per heavy atom. The van der Waals surface area contributed by atoms with Gasteiger partial charge in [-0.3, -0.25) is 19.5 Å². The first kappa shape index (κ1) is 24.3. The minimum absolute atomic E-state index is 0.127. The van der Waals surface area contributed by atoms with Crippen LogP contribution in [0.4, 0.5) is 15.8 Å². The second-order valence-corrected chi connectivity index (χ2v) is 8.76. The molecule has 0 radical (unpaired) electrons. The molecule has 3 aromatic rings. The highest BCUT2D eigenvalue weighted by Gasteiger charge is 2.27. The van der Waals surface area contributed by atoms with Crippen molar-refractivity contribution >= 4 is 23.2 Å². The lowest BCUT2D eigenvalue weighted by molar-refractivity contribution is -0.136. The zero-order valence-electron chi connectivity index (χ0n) is 20.0. The van der Waals surface area contributed by atoms with Gasteiger partial charge in [0.25, 0.3) is 0 Å². The molecule has 0 spiro atoms. The number of piperazine rings is 1. The fourth-order valence-electron chi connectivity index (χ4n) is 4.25. The Bertz CT molecular complexity index is 1160. The molecule has 1 atom stereocenters. The van der Waals surface area contributed by atoms with Crippen molar-refractivity contribution in [2.75, 3.05) is 42.9 Å². The van der Waals surface area contributed by atoms with Gasteiger partial charge in [-0.1, -0.05) is 12.1 Å². The van der Waals surface area contributed by atoms with Gasteiger partial charge in [-0.25, -0.2) is 4.39 Å². The van der Waals surface area contributed by atoms with Gasteiger partial charge in [0.15, 0.2) is 0 Å². The number of anilines is 2. The fraction of sp³-hybridized carbons (Fsp3) is 0.296. The molecule has 182 valence electrons. The van der Waals surface area contributed by atoms with E-state index in [1.165, 1.54) is 12.1 Å². The second-order valence-electron chi connectivity index (χ2n) is 8.76. The van der Waals surface area contributed by atoms with E-state index in [0.717, 1.165) is 48.6 Å². The molecule has 0 saturated carbocycles. The first-order valence-corrected chi connectivity index (χ1v) is 11.7. The van der Waals surface area contributed by atoms with Gasteiger partial charge in [-0.15, -0.1) is 0 Å². The zero-order valence-corrected chi connectivity index (χ0v) is 20.0. The molecule has 0 bridgehead atoms. The average molecular weight is 476 g/mol. The normalized spacial score (nSPS) is 14.9. The Balaban J connectivity index is 1.38. The van der Waals surface area contributed by atoms with Crippen molar-refractivity contribution in [2.24, 2.45) is 0 Å². The van der Waals surface area contributed by atoms with Crippen molar-refractivity contribution in [3.05, 3.63) is 89.5 Å². The zero-order chi connectivity index (χ0) is 24.8. The van der Waals surface area contributed by atoms with Crippen LogP contribution in [0.25, 0.3) is 0 Å². The van der Waals surface area contributed by atoms with E-state index in [1.54, 1.807) is 30.6 Å². The van der Waals surface area contributed by atoms with E-state index in [1.807, 2.05) is 38.1 Å². The smallest absolute Gasteiger partial charge is 0.313 e. The summed E-state index contributed by atoms with van der Waals surface area (Å²) in [6.45, 7) is 7.27. The highest BCUT2D eigenvalue weighted by atomic mass is 19.1. The first-order chi connectivity index (χ1) is 16.9. The maximum atomic E-state index is 13.3. The summed E-state index contributed by atoms with van der Waals surface area (Å²) in [4.78, 5) is 33.8. The molecular weight excluding hydrogens is 445 g/mol. The summed E-state index contributed by atoms with van der Waals surface area (Å²) in [5.74, 6) is -1.62. The van der Waals surface area contributed by atoms with Gasteiger partial charge in [0.1, 0.15) is 5.82 Å². The Labute approximate surface area is 205 Å². The maximum Gasteiger partial charge on any atom is 0.313 e. The van der Waals surface area contributed by atoms with Crippen molar-refractivity contribution < 1.29 is 14.0 Å². The molecule has 2 heterocycles. The van der Waals surface area contributed by atoms with Crippen molar-refractivity contribution in [1.29, 1.82) is 0 Å². The lowest BCUT2D eigenvalue weighted by Crippen LogP contribution is -2.50. The fourth-order valence-corrected chi connectivity index (χ4v) is 4.25. The van der Waals surface area contributed by atoms with E-state index in [0.29, 0.717) is 5.69 Å². The first-order valence-electron chi connectivity index (χ1n) is 11.7. The number of aryl methyl sites for hydroxylation is 2. The molecule has 35 heavy (non-hydrogen) atoms. The monoisotopic (exact) mass is 475 g/mol. The van der Waals surface area contributed by atoms with Crippen LogP contribution in [0.2, 0.25) is 0 Å². The molecule has 2 amide bonds. The summed E-state index contributed by atoms with van der Waals surface area (Å²) in [6, 6.07) is 15.8. The maximum absolute atomic E-state index is 13.3. The van der Waals surface area contributed by atoms with Crippen LogP contribution in [-0.2, 0) is 9.59 Å². The number of pyridine rings is 1. The quantitative estimate of drug-likeness (QED) is 0.534. The number of hydrogen-bond donors (Lipinski definition) is 2. The van der Waals surface area contributed by atoms with Crippen LogP contribution < -0.4 is 15.5 Å². The van der Waals surface area contributed by atoms with Crippen molar-refractivity contribution in [3.63, 3.8) is 0 Å². The predicted molar refractivity (Wildman–Crippen MR) is 135 cm³/mol. The number of halogens is 1. The highest BCUT2D eigenvalue weighted by Crippen LogP contribution is 2.24. The molecule has 1 fully saturated rings. The molecule has 0 unspecified atom stereocenters. The van der Waals surface area contributed by atoms with E-state index < -0.39 is 11.8 Å². The number of carbonyl (C=O) groups excluding carboxylic acids is 2. The summed E-state index contributed by atoms with van der Waals surface area (Å²) >= 11 is 0. The molecule has 1 aromatic heterocycles. The molecule has 8 heteroatoms. The average Bonchev–Trinajstić information content (AvgIpc) is 2.88. The molecule has 1 aliphatic rings. The summed E-state index contributed by atoms with van der Waals surface area (Å²) in [7, 11) is 0. The van der Waals surface area contributed by atoms with Crippen molar-refractivity contribution in [3.8, 4) is 0 Å². The summed E-state index contributed by atoms with van der Waals surface area (Å²) < 4.78 is 13.3. The number of amides is 2. The van der Waals surface area contributed by atoms with Gasteiger partial charge < -0.3 is 15.5 Å². The molecule has 1 saturated heterocycles. The van der Waals surface area contributed by atoms with E-state index in [-0.39, 0.29) is 18.4 Å². The second kappa shape index (κ2) is 11.1. The van der Waals surface area contributed by atoms with Crippen LogP contribution >= 0.6 is 0 Å². The number of rotatable bonds is 6. The molecule has 2 N–H and O–H groups in total. The van der Waals surface area contributed by atoms with E-state index >= 15 is 0 Å². The van der Waals surface area contributed by atoms with Gasteiger partial charge >= 0.3 is 11.8 Å². The number of hydrogen-bond acceptors (Lipinski definition) is 5. The van der Waals surface area contributed by atoms with Crippen LogP contribution in [0.3, 0.4) is 0 Å². The van der Waals surface area contributed by atoms with Crippen LogP contribution in [0.1, 0.15) is 22.7 Å². The summed E-state index contributed by atoms with van der Waals surface area (Å²) in [5, 5.41) is 5.47. The van der Waals surface area contributed by atoms with E-state index in [2.05, 4.69) is 25.4 Å². The molecular formula is C27H30FN5O2. The minimum atomic E-state index is -0.695. The van der Waals surface area contributed by atoms with Crippen molar-refractivity contribution in [2.45, 2.75) is 19.9 Å². The Hall–Kier alpha value is -3.78. The minimum Gasteiger partial charge on any atom is -0.369 e. The van der Waals surface area contributed by atoms with Gasteiger partial charge in [-0.2, -0.15) is 0 Å². The Morgan fingerprint density at radius 3 is 2.37 bits per heavy atom. The van der Waals surface area contributed by atoms with Gasteiger partial charge in [0.05, 0.1) is 6.04 Å². The van der Waals surface area contributed by atoms with Crippen molar-refractivity contribution in [1.82, 2.24) is 15.2 Å².